The second-order valence-corrected chi connectivity index (χ2v) is 7.23. The molecule has 1 saturated heterocycles. The molecular weight excluding hydrogens is 346 g/mol. The lowest BCUT2D eigenvalue weighted by atomic mass is 10.0. The van der Waals surface area contributed by atoms with Gasteiger partial charge in [0.2, 0.25) is 5.89 Å². The van der Waals surface area contributed by atoms with Crippen molar-refractivity contribution in [2.45, 2.75) is 52.0 Å². The fourth-order valence-corrected chi connectivity index (χ4v) is 3.33. The number of hydrogen-bond donors (Lipinski definition) is 1. The van der Waals surface area contributed by atoms with Gasteiger partial charge in [-0.05, 0) is 38.3 Å². The van der Waals surface area contributed by atoms with E-state index in [4.69, 9.17) is 8.94 Å². The van der Waals surface area contributed by atoms with Crippen LogP contribution < -0.4 is 0 Å². The van der Waals surface area contributed by atoms with Gasteiger partial charge in [-0.15, -0.1) is 0 Å². The van der Waals surface area contributed by atoms with Crippen molar-refractivity contribution in [3.8, 4) is 11.5 Å². The molecule has 0 aliphatic carbocycles. The Balaban J connectivity index is 1.58. The zero-order chi connectivity index (χ0) is 19.0. The first-order chi connectivity index (χ1) is 13.0. The average Bonchev–Trinajstić information content (AvgIpc) is 3.41. The SMILES string of the molecule is Cc1ccc(-c2cc(C(=O)N3CCCC[C@@H]3c3nc(C(C)C)no3)n[nH]2)o1. The number of likely N-dealkylation sites (tertiary alicyclic amines) is 1. The Kier molecular flexibility index (Phi) is 4.55. The molecule has 27 heavy (non-hydrogen) atoms. The van der Waals surface area contributed by atoms with Gasteiger partial charge in [-0.3, -0.25) is 9.89 Å². The van der Waals surface area contributed by atoms with Crippen LogP contribution in [0.15, 0.2) is 27.1 Å². The molecule has 8 nitrogen and oxygen atoms in total. The number of amides is 1. The molecule has 0 saturated carbocycles. The molecule has 3 aromatic heterocycles. The molecule has 142 valence electrons. The Morgan fingerprint density at radius 2 is 2.19 bits per heavy atom. The van der Waals surface area contributed by atoms with Gasteiger partial charge in [0.15, 0.2) is 17.3 Å². The molecule has 1 aliphatic heterocycles. The van der Waals surface area contributed by atoms with Crippen LogP contribution in [0, 0.1) is 6.92 Å². The van der Waals surface area contributed by atoms with Crippen molar-refractivity contribution in [1.82, 2.24) is 25.2 Å². The maximum absolute atomic E-state index is 13.1. The van der Waals surface area contributed by atoms with E-state index in [2.05, 4.69) is 20.3 Å². The van der Waals surface area contributed by atoms with Crippen molar-refractivity contribution >= 4 is 5.91 Å². The Morgan fingerprint density at radius 1 is 1.33 bits per heavy atom. The lowest BCUT2D eigenvalue weighted by Gasteiger charge is -2.32. The van der Waals surface area contributed by atoms with Crippen molar-refractivity contribution in [2.75, 3.05) is 6.54 Å². The molecule has 1 fully saturated rings. The van der Waals surface area contributed by atoms with Crippen molar-refractivity contribution < 1.29 is 13.7 Å². The third-order valence-electron chi connectivity index (χ3n) is 4.83. The van der Waals surface area contributed by atoms with E-state index in [0.717, 1.165) is 25.0 Å². The number of aryl methyl sites for hydroxylation is 1. The summed E-state index contributed by atoms with van der Waals surface area (Å²) < 4.78 is 11.1. The number of nitrogens with zero attached hydrogens (tertiary/aromatic N) is 4. The molecule has 4 rings (SSSR count). The molecule has 4 heterocycles. The third-order valence-corrected chi connectivity index (χ3v) is 4.83. The zero-order valence-corrected chi connectivity index (χ0v) is 15.7. The van der Waals surface area contributed by atoms with Crippen LogP contribution in [0.5, 0.6) is 0 Å². The minimum Gasteiger partial charge on any atom is -0.460 e. The van der Waals surface area contributed by atoms with Gasteiger partial charge in [0.05, 0.1) is 0 Å². The second-order valence-electron chi connectivity index (χ2n) is 7.23. The number of aromatic amines is 1. The molecule has 0 radical (unpaired) electrons. The fraction of sp³-hybridized carbons (Fsp3) is 0.474. The van der Waals surface area contributed by atoms with Crippen LogP contribution in [-0.2, 0) is 0 Å². The summed E-state index contributed by atoms with van der Waals surface area (Å²) in [6.07, 6.45) is 2.77. The van der Waals surface area contributed by atoms with Crippen molar-refractivity contribution in [2.24, 2.45) is 0 Å². The van der Waals surface area contributed by atoms with E-state index in [1.54, 1.807) is 11.0 Å². The lowest BCUT2D eigenvalue weighted by Crippen LogP contribution is -2.38. The van der Waals surface area contributed by atoms with Gasteiger partial charge in [0.25, 0.3) is 5.91 Å². The van der Waals surface area contributed by atoms with Gasteiger partial charge >= 0.3 is 0 Å². The first-order valence-electron chi connectivity index (χ1n) is 9.29. The molecule has 1 amide bonds. The van der Waals surface area contributed by atoms with Gasteiger partial charge in [-0.25, -0.2) is 0 Å². The highest BCUT2D eigenvalue weighted by atomic mass is 16.5. The summed E-state index contributed by atoms with van der Waals surface area (Å²) in [6.45, 7) is 6.55. The van der Waals surface area contributed by atoms with Gasteiger partial charge < -0.3 is 13.8 Å². The first kappa shape index (κ1) is 17.5. The molecule has 0 spiro atoms. The number of nitrogens with one attached hydrogen (secondary N) is 1. The lowest BCUT2D eigenvalue weighted by molar-refractivity contribution is 0.0555. The number of piperidine rings is 1. The van der Waals surface area contributed by atoms with E-state index in [1.165, 1.54) is 0 Å². The predicted octanol–water partition coefficient (Wildman–Crippen LogP) is 3.85. The quantitative estimate of drug-likeness (QED) is 0.749. The number of furan rings is 1. The van der Waals surface area contributed by atoms with E-state index < -0.39 is 0 Å². The largest absolute Gasteiger partial charge is 0.460 e. The smallest absolute Gasteiger partial charge is 0.275 e. The number of aromatic nitrogens is 4. The van der Waals surface area contributed by atoms with Crippen molar-refractivity contribution in [3.63, 3.8) is 0 Å². The normalized spacial score (nSPS) is 17.6. The topological polar surface area (TPSA) is 101 Å². The molecule has 0 unspecified atom stereocenters. The van der Waals surface area contributed by atoms with Gasteiger partial charge in [-0.1, -0.05) is 19.0 Å². The maximum atomic E-state index is 13.1. The average molecular weight is 369 g/mol. The van der Waals surface area contributed by atoms with E-state index in [1.807, 2.05) is 32.9 Å². The summed E-state index contributed by atoms with van der Waals surface area (Å²) in [5, 5.41) is 11.1. The fourth-order valence-electron chi connectivity index (χ4n) is 3.33. The monoisotopic (exact) mass is 369 g/mol. The molecule has 1 N–H and O–H groups in total. The standard InChI is InChI=1S/C19H23N5O3/c1-11(2)17-20-18(27-23-17)15-6-4-5-9-24(15)19(25)14-10-13(21-22-14)16-8-7-12(3)26-16/h7-8,10-11,15H,4-6,9H2,1-3H3,(H,21,22)/t15-/m1/s1. The van der Waals surface area contributed by atoms with Crippen molar-refractivity contribution in [3.05, 3.63) is 41.4 Å². The number of carbonyl (C=O) groups excluding carboxylic acids is 1. The molecule has 0 bridgehead atoms. The van der Waals surface area contributed by atoms with Crippen LogP contribution in [0.3, 0.4) is 0 Å². The van der Waals surface area contributed by atoms with Crippen LogP contribution in [0.4, 0.5) is 0 Å². The number of H-pyrrole nitrogens is 1. The molecule has 0 aromatic carbocycles. The van der Waals surface area contributed by atoms with Crippen LogP contribution in [0.25, 0.3) is 11.5 Å². The van der Waals surface area contributed by atoms with Crippen LogP contribution in [0.1, 0.15) is 73.0 Å². The van der Waals surface area contributed by atoms with Crippen LogP contribution in [-0.4, -0.2) is 37.7 Å². The number of carbonyl (C=O) groups is 1. The minimum absolute atomic E-state index is 0.144. The van der Waals surface area contributed by atoms with Crippen LogP contribution in [0.2, 0.25) is 0 Å². The van der Waals surface area contributed by atoms with E-state index in [0.29, 0.717) is 35.4 Å². The van der Waals surface area contributed by atoms with Gasteiger partial charge in [0, 0.05) is 18.5 Å². The molecule has 3 aromatic rings. The highest BCUT2D eigenvalue weighted by Crippen LogP contribution is 2.32. The highest BCUT2D eigenvalue weighted by Gasteiger charge is 2.34. The minimum atomic E-state index is -0.211. The zero-order valence-electron chi connectivity index (χ0n) is 15.7. The summed E-state index contributed by atoms with van der Waals surface area (Å²) in [7, 11) is 0. The van der Waals surface area contributed by atoms with Gasteiger partial charge in [-0.2, -0.15) is 10.1 Å². The van der Waals surface area contributed by atoms with E-state index in [-0.39, 0.29) is 17.9 Å². The molecule has 1 aliphatic rings. The second kappa shape index (κ2) is 7.02. The Morgan fingerprint density at radius 3 is 2.89 bits per heavy atom. The summed E-state index contributed by atoms with van der Waals surface area (Å²) in [4.78, 5) is 19.4. The third kappa shape index (κ3) is 3.39. The van der Waals surface area contributed by atoms with E-state index in [9.17, 15) is 4.79 Å². The summed E-state index contributed by atoms with van der Waals surface area (Å²) >= 11 is 0. The molecular formula is C19H23N5O3. The van der Waals surface area contributed by atoms with Crippen molar-refractivity contribution in [1.29, 1.82) is 0 Å². The first-order valence-corrected chi connectivity index (χ1v) is 9.29. The summed E-state index contributed by atoms with van der Waals surface area (Å²) in [6, 6.07) is 5.24. The van der Waals surface area contributed by atoms with Gasteiger partial charge in [0.1, 0.15) is 17.5 Å². The maximum Gasteiger partial charge on any atom is 0.275 e. The number of hydrogen-bond acceptors (Lipinski definition) is 6. The predicted molar refractivity (Wildman–Crippen MR) is 97.0 cm³/mol. The Labute approximate surface area is 156 Å². The Hall–Kier alpha value is -2.90. The summed E-state index contributed by atoms with van der Waals surface area (Å²) in [5.41, 5.74) is 1.04. The van der Waals surface area contributed by atoms with E-state index >= 15 is 0 Å². The molecule has 8 heteroatoms. The molecule has 1 atom stereocenters. The highest BCUT2D eigenvalue weighted by molar-refractivity contribution is 5.93. The summed E-state index contributed by atoms with van der Waals surface area (Å²) in [5.74, 6) is 2.67. The number of rotatable bonds is 4. The Bertz CT molecular complexity index is 939. The van der Waals surface area contributed by atoms with Crippen LogP contribution >= 0.6 is 0 Å².